The Morgan fingerprint density at radius 3 is 2.78 bits per heavy atom. The monoisotopic (exact) mass is 245 g/mol. The summed E-state index contributed by atoms with van der Waals surface area (Å²) in [5.41, 5.74) is 0.374. The van der Waals surface area contributed by atoms with Crippen LogP contribution < -0.4 is 0 Å². The number of aromatic nitrogens is 2. The molecule has 1 saturated carbocycles. The van der Waals surface area contributed by atoms with Crippen LogP contribution in [0.15, 0.2) is 18.7 Å². The summed E-state index contributed by atoms with van der Waals surface area (Å²) in [5.74, 6) is 0.850. The minimum atomic E-state index is 0.142. The van der Waals surface area contributed by atoms with Crippen molar-refractivity contribution in [3.8, 4) is 6.07 Å². The van der Waals surface area contributed by atoms with Crippen molar-refractivity contribution in [1.29, 1.82) is 5.26 Å². The first-order valence-corrected chi connectivity index (χ1v) is 6.95. The zero-order valence-electron chi connectivity index (χ0n) is 11.6. The summed E-state index contributed by atoms with van der Waals surface area (Å²) in [6.45, 7) is 6.98. The van der Waals surface area contributed by atoms with Crippen LogP contribution >= 0.6 is 0 Å². The average molecular weight is 245 g/mol. The molecule has 0 bridgehead atoms. The van der Waals surface area contributed by atoms with Gasteiger partial charge in [0.2, 0.25) is 0 Å². The van der Waals surface area contributed by atoms with Crippen LogP contribution in [0.25, 0.3) is 0 Å². The topological polar surface area (TPSA) is 41.6 Å². The lowest BCUT2D eigenvalue weighted by Crippen LogP contribution is -2.33. The van der Waals surface area contributed by atoms with E-state index in [1.54, 1.807) is 0 Å². The van der Waals surface area contributed by atoms with Gasteiger partial charge in [0.25, 0.3) is 0 Å². The molecule has 0 spiro atoms. The van der Waals surface area contributed by atoms with Gasteiger partial charge in [-0.25, -0.2) is 4.98 Å². The van der Waals surface area contributed by atoms with Gasteiger partial charge in [0.15, 0.2) is 0 Å². The van der Waals surface area contributed by atoms with Crippen LogP contribution in [0.4, 0.5) is 0 Å². The summed E-state index contributed by atoms with van der Waals surface area (Å²) in [6.07, 6.45) is 10.2. The lowest BCUT2D eigenvalue weighted by molar-refractivity contribution is 0.104. The number of hydrogen-bond acceptors (Lipinski definition) is 2. The molecule has 3 heteroatoms. The Labute approximate surface area is 110 Å². The Kier molecular flexibility index (Phi) is 3.75. The van der Waals surface area contributed by atoms with Crippen LogP contribution in [0, 0.1) is 28.6 Å². The third-order valence-electron chi connectivity index (χ3n) is 4.91. The van der Waals surface area contributed by atoms with Crippen molar-refractivity contribution in [2.24, 2.45) is 17.3 Å². The summed E-state index contributed by atoms with van der Waals surface area (Å²) in [4.78, 5) is 4.13. The van der Waals surface area contributed by atoms with Crippen molar-refractivity contribution < 1.29 is 0 Å². The van der Waals surface area contributed by atoms with Crippen LogP contribution in [0.3, 0.4) is 0 Å². The molecule has 3 nitrogen and oxygen atoms in total. The molecule has 3 unspecified atom stereocenters. The van der Waals surface area contributed by atoms with Gasteiger partial charge in [0.05, 0.1) is 24.4 Å². The van der Waals surface area contributed by atoms with Gasteiger partial charge in [-0.15, -0.1) is 0 Å². The number of imidazole rings is 1. The summed E-state index contributed by atoms with van der Waals surface area (Å²) in [6, 6.07) is 2.79. The van der Waals surface area contributed by atoms with E-state index in [0.29, 0.717) is 17.4 Å². The SMILES string of the molecule is CCC(C)(C)C1CCC(C#N)C(n2ccnc2)C1. The third-order valence-corrected chi connectivity index (χ3v) is 4.91. The zero-order valence-corrected chi connectivity index (χ0v) is 11.6. The Morgan fingerprint density at radius 1 is 1.44 bits per heavy atom. The van der Waals surface area contributed by atoms with Gasteiger partial charge in [-0.05, 0) is 30.6 Å². The van der Waals surface area contributed by atoms with Crippen LogP contribution in [0.2, 0.25) is 0 Å². The van der Waals surface area contributed by atoms with Gasteiger partial charge in [0, 0.05) is 12.4 Å². The normalized spacial score (nSPS) is 28.9. The van der Waals surface area contributed by atoms with Gasteiger partial charge in [-0.3, -0.25) is 0 Å². The highest BCUT2D eigenvalue weighted by Gasteiger charge is 2.37. The van der Waals surface area contributed by atoms with Crippen LogP contribution in [0.1, 0.15) is 52.5 Å². The van der Waals surface area contributed by atoms with E-state index in [9.17, 15) is 5.26 Å². The predicted octanol–water partition coefficient (Wildman–Crippen LogP) is 3.80. The fraction of sp³-hybridized carbons (Fsp3) is 0.733. The largest absolute Gasteiger partial charge is 0.333 e. The molecule has 1 aliphatic rings. The summed E-state index contributed by atoms with van der Waals surface area (Å²) in [7, 11) is 0. The predicted molar refractivity (Wildman–Crippen MR) is 71.8 cm³/mol. The molecule has 3 atom stereocenters. The first-order valence-electron chi connectivity index (χ1n) is 6.95. The van der Waals surface area contributed by atoms with Gasteiger partial charge in [-0.1, -0.05) is 27.2 Å². The molecule has 0 amide bonds. The van der Waals surface area contributed by atoms with Gasteiger partial charge in [0.1, 0.15) is 0 Å². The summed E-state index contributed by atoms with van der Waals surface area (Å²) in [5, 5.41) is 9.32. The molecule has 0 aliphatic heterocycles. The number of nitrogens with zero attached hydrogens (tertiary/aromatic N) is 3. The fourth-order valence-corrected chi connectivity index (χ4v) is 3.09. The van der Waals surface area contributed by atoms with Gasteiger partial charge in [-0.2, -0.15) is 5.26 Å². The lowest BCUT2D eigenvalue weighted by Gasteiger charge is -2.41. The number of rotatable bonds is 3. The molecule has 1 aromatic rings. The van der Waals surface area contributed by atoms with Crippen molar-refractivity contribution in [2.75, 3.05) is 0 Å². The molecule has 0 N–H and O–H groups in total. The second-order valence-corrected chi connectivity index (χ2v) is 6.16. The van der Waals surface area contributed by atoms with Crippen molar-refractivity contribution >= 4 is 0 Å². The highest BCUT2D eigenvalue weighted by atomic mass is 15.1. The second kappa shape index (κ2) is 5.14. The lowest BCUT2D eigenvalue weighted by atomic mass is 9.66. The zero-order chi connectivity index (χ0) is 13.2. The van der Waals surface area contributed by atoms with E-state index in [0.717, 1.165) is 12.8 Å². The Hall–Kier alpha value is -1.30. The molecular formula is C15H23N3. The second-order valence-electron chi connectivity index (χ2n) is 6.16. The van der Waals surface area contributed by atoms with E-state index in [4.69, 9.17) is 0 Å². The standard InChI is InChI=1S/C15H23N3/c1-4-15(2,3)13-6-5-12(10-16)14(9-13)18-8-7-17-11-18/h7-8,11-14H,4-6,9H2,1-3H3. The summed E-state index contributed by atoms with van der Waals surface area (Å²) >= 11 is 0. The Bertz CT molecular complexity index is 413. The molecule has 1 aliphatic carbocycles. The van der Waals surface area contributed by atoms with E-state index in [1.165, 1.54) is 12.8 Å². The molecular weight excluding hydrogens is 222 g/mol. The Balaban J connectivity index is 2.18. The molecule has 0 radical (unpaired) electrons. The van der Waals surface area contributed by atoms with E-state index < -0.39 is 0 Å². The minimum Gasteiger partial charge on any atom is -0.333 e. The third kappa shape index (κ3) is 2.43. The highest BCUT2D eigenvalue weighted by Crippen LogP contribution is 2.46. The molecule has 18 heavy (non-hydrogen) atoms. The van der Waals surface area contributed by atoms with Crippen LogP contribution in [-0.2, 0) is 0 Å². The maximum absolute atomic E-state index is 9.32. The fourth-order valence-electron chi connectivity index (χ4n) is 3.09. The Morgan fingerprint density at radius 2 is 2.22 bits per heavy atom. The average Bonchev–Trinajstić information content (AvgIpc) is 2.91. The molecule has 0 aromatic carbocycles. The van der Waals surface area contributed by atoms with Crippen LogP contribution in [0.5, 0.6) is 0 Å². The van der Waals surface area contributed by atoms with E-state index in [-0.39, 0.29) is 5.92 Å². The minimum absolute atomic E-state index is 0.142. The molecule has 98 valence electrons. The van der Waals surface area contributed by atoms with Crippen molar-refractivity contribution in [3.63, 3.8) is 0 Å². The van der Waals surface area contributed by atoms with E-state index in [1.807, 2.05) is 18.7 Å². The smallest absolute Gasteiger partial charge is 0.0948 e. The molecule has 1 fully saturated rings. The van der Waals surface area contributed by atoms with Gasteiger partial charge < -0.3 is 4.57 Å². The van der Waals surface area contributed by atoms with Crippen molar-refractivity contribution in [2.45, 2.75) is 52.5 Å². The number of hydrogen-bond donors (Lipinski definition) is 0. The molecule has 1 aromatic heterocycles. The van der Waals surface area contributed by atoms with Gasteiger partial charge >= 0.3 is 0 Å². The first-order chi connectivity index (χ1) is 8.58. The first kappa shape index (κ1) is 13.1. The number of nitriles is 1. The maximum atomic E-state index is 9.32. The van der Waals surface area contributed by atoms with E-state index >= 15 is 0 Å². The molecule has 0 saturated heterocycles. The van der Waals surface area contributed by atoms with Crippen LogP contribution in [-0.4, -0.2) is 9.55 Å². The maximum Gasteiger partial charge on any atom is 0.0948 e. The quantitative estimate of drug-likeness (QED) is 0.812. The van der Waals surface area contributed by atoms with Crippen molar-refractivity contribution in [1.82, 2.24) is 9.55 Å². The summed E-state index contributed by atoms with van der Waals surface area (Å²) < 4.78 is 2.13. The molecule has 2 rings (SSSR count). The molecule has 1 heterocycles. The van der Waals surface area contributed by atoms with Crippen molar-refractivity contribution in [3.05, 3.63) is 18.7 Å². The highest BCUT2D eigenvalue weighted by molar-refractivity contribution is 4.99. The van der Waals surface area contributed by atoms with E-state index in [2.05, 4.69) is 36.4 Å².